The van der Waals surface area contributed by atoms with E-state index in [1.165, 1.54) is 6.08 Å². The van der Waals surface area contributed by atoms with Crippen molar-refractivity contribution < 1.29 is 4.79 Å². The molecule has 1 aromatic heterocycles. The molecule has 2 nitrogen and oxygen atoms in total. The van der Waals surface area contributed by atoms with Crippen LogP contribution in [0.1, 0.15) is 5.56 Å². The number of benzene rings is 1. The molecule has 1 aromatic carbocycles. The number of nitrogens with zero attached hydrogens (tertiary/aromatic N) is 1. The fourth-order valence-electron chi connectivity index (χ4n) is 1.33. The van der Waals surface area contributed by atoms with Gasteiger partial charge in [-0.3, -0.25) is 9.78 Å². The summed E-state index contributed by atoms with van der Waals surface area (Å²) in [6.45, 7) is 0. The molecule has 0 aliphatic rings. The van der Waals surface area contributed by atoms with Crippen molar-refractivity contribution >= 4 is 23.3 Å². The number of carbonyl (C=O) groups is 1. The SMILES string of the molecule is O=CC=Cc1cnc2ccccc2c1. The van der Waals surface area contributed by atoms with Crippen molar-refractivity contribution in [2.75, 3.05) is 0 Å². The van der Waals surface area contributed by atoms with Crippen molar-refractivity contribution in [1.82, 2.24) is 4.98 Å². The molecule has 0 N–H and O–H groups in total. The van der Waals surface area contributed by atoms with Crippen LogP contribution in [-0.2, 0) is 4.79 Å². The minimum atomic E-state index is 0.759. The van der Waals surface area contributed by atoms with Crippen LogP contribution in [0.5, 0.6) is 0 Å². The number of hydrogen-bond acceptors (Lipinski definition) is 2. The van der Waals surface area contributed by atoms with Crippen LogP contribution in [0.3, 0.4) is 0 Å². The maximum absolute atomic E-state index is 10.1. The van der Waals surface area contributed by atoms with E-state index >= 15 is 0 Å². The van der Waals surface area contributed by atoms with Crippen molar-refractivity contribution in [3.63, 3.8) is 0 Å². The van der Waals surface area contributed by atoms with Crippen molar-refractivity contribution in [3.05, 3.63) is 48.2 Å². The second kappa shape index (κ2) is 3.83. The molecular weight excluding hydrogens is 174 g/mol. The van der Waals surface area contributed by atoms with Crippen LogP contribution in [0.15, 0.2) is 42.6 Å². The lowest BCUT2D eigenvalue weighted by Crippen LogP contribution is -1.80. The average Bonchev–Trinajstić information content (AvgIpc) is 2.26. The molecule has 0 aliphatic heterocycles. The highest BCUT2D eigenvalue weighted by Crippen LogP contribution is 2.13. The summed E-state index contributed by atoms with van der Waals surface area (Å²) in [4.78, 5) is 14.4. The first kappa shape index (κ1) is 8.63. The molecule has 2 rings (SSSR count). The minimum absolute atomic E-state index is 0.759. The number of rotatable bonds is 2. The number of carbonyl (C=O) groups excluding carboxylic acids is 1. The first-order chi connectivity index (χ1) is 6.90. The van der Waals surface area contributed by atoms with Gasteiger partial charge in [-0.1, -0.05) is 24.3 Å². The smallest absolute Gasteiger partial charge is 0.142 e. The van der Waals surface area contributed by atoms with Crippen LogP contribution in [0.4, 0.5) is 0 Å². The lowest BCUT2D eigenvalue weighted by Gasteiger charge is -1.97. The van der Waals surface area contributed by atoms with E-state index in [4.69, 9.17) is 0 Å². The van der Waals surface area contributed by atoms with E-state index in [-0.39, 0.29) is 0 Å². The Morgan fingerprint density at radius 1 is 1.21 bits per heavy atom. The Kier molecular flexibility index (Phi) is 2.36. The summed E-state index contributed by atoms with van der Waals surface area (Å²) in [6.07, 6.45) is 5.72. The third kappa shape index (κ3) is 1.69. The minimum Gasteiger partial charge on any atom is -0.299 e. The zero-order valence-electron chi connectivity index (χ0n) is 7.55. The molecule has 0 unspecified atom stereocenters. The van der Waals surface area contributed by atoms with Crippen LogP contribution in [0.2, 0.25) is 0 Å². The standard InChI is InChI=1S/C12H9NO/c14-7-3-4-10-8-11-5-1-2-6-12(11)13-9-10/h1-9H. The summed E-state index contributed by atoms with van der Waals surface area (Å²) in [5, 5.41) is 1.08. The molecule has 0 saturated heterocycles. The molecular formula is C12H9NO. The topological polar surface area (TPSA) is 30.0 Å². The number of fused-ring (bicyclic) bond motifs is 1. The third-order valence-electron chi connectivity index (χ3n) is 1.98. The molecule has 0 fully saturated rings. The molecule has 14 heavy (non-hydrogen) atoms. The highest BCUT2D eigenvalue weighted by atomic mass is 16.1. The number of allylic oxidation sites excluding steroid dienone is 1. The van der Waals surface area contributed by atoms with Crippen LogP contribution in [0.25, 0.3) is 17.0 Å². The third-order valence-corrected chi connectivity index (χ3v) is 1.98. The fourth-order valence-corrected chi connectivity index (χ4v) is 1.33. The first-order valence-corrected chi connectivity index (χ1v) is 4.37. The van der Waals surface area contributed by atoms with Crippen molar-refractivity contribution in [2.45, 2.75) is 0 Å². The van der Waals surface area contributed by atoms with Crippen molar-refractivity contribution in [3.8, 4) is 0 Å². The lowest BCUT2D eigenvalue weighted by atomic mass is 10.1. The number of aldehydes is 1. The number of aromatic nitrogens is 1. The van der Waals surface area contributed by atoms with E-state index in [1.54, 1.807) is 12.3 Å². The second-order valence-corrected chi connectivity index (χ2v) is 2.96. The maximum atomic E-state index is 10.1. The Balaban J connectivity index is 2.51. The summed E-state index contributed by atoms with van der Waals surface area (Å²) >= 11 is 0. The van der Waals surface area contributed by atoms with Gasteiger partial charge in [0.2, 0.25) is 0 Å². The Morgan fingerprint density at radius 3 is 2.93 bits per heavy atom. The van der Waals surface area contributed by atoms with Gasteiger partial charge in [0.25, 0.3) is 0 Å². The Morgan fingerprint density at radius 2 is 2.07 bits per heavy atom. The number of hydrogen-bond donors (Lipinski definition) is 0. The lowest BCUT2D eigenvalue weighted by molar-refractivity contribution is -0.104. The molecule has 0 saturated carbocycles. The van der Waals surface area contributed by atoms with Gasteiger partial charge in [-0.25, -0.2) is 0 Å². The monoisotopic (exact) mass is 183 g/mol. The summed E-state index contributed by atoms with van der Waals surface area (Å²) in [6, 6.07) is 9.89. The summed E-state index contributed by atoms with van der Waals surface area (Å²) in [5.41, 5.74) is 1.91. The van der Waals surface area contributed by atoms with E-state index in [9.17, 15) is 4.79 Å². The number of pyridine rings is 1. The van der Waals surface area contributed by atoms with Gasteiger partial charge in [0.15, 0.2) is 0 Å². The molecule has 0 aliphatic carbocycles. The zero-order valence-corrected chi connectivity index (χ0v) is 7.55. The number of para-hydroxylation sites is 1. The quantitative estimate of drug-likeness (QED) is 0.528. The molecule has 2 aromatic rings. The van der Waals surface area contributed by atoms with Gasteiger partial charge in [-0.2, -0.15) is 0 Å². The second-order valence-electron chi connectivity index (χ2n) is 2.96. The molecule has 0 spiro atoms. The fraction of sp³-hybridized carbons (Fsp3) is 0. The molecule has 0 amide bonds. The first-order valence-electron chi connectivity index (χ1n) is 4.37. The van der Waals surface area contributed by atoms with Gasteiger partial charge in [0, 0.05) is 11.6 Å². The normalized spacial score (nSPS) is 10.9. The van der Waals surface area contributed by atoms with E-state index in [0.717, 1.165) is 22.8 Å². The largest absolute Gasteiger partial charge is 0.299 e. The zero-order chi connectivity index (χ0) is 9.80. The van der Waals surface area contributed by atoms with Crippen LogP contribution in [0, 0.1) is 0 Å². The van der Waals surface area contributed by atoms with E-state index in [2.05, 4.69) is 4.98 Å². The highest BCUT2D eigenvalue weighted by molar-refractivity contribution is 5.82. The summed E-state index contributed by atoms with van der Waals surface area (Å²) in [5.74, 6) is 0. The van der Waals surface area contributed by atoms with Gasteiger partial charge in [0.1, 0.15) is 6.29 Å². The molecule has 2 heteroatoms. The predicted octanol–water partition coefficient (Wildman–Crippen LogP) is 2.45. The van der Waals surface area contributed by atoms with Gasteiger partial charge in [-0.05, 0) is 23.8 Å². The van der Waals surface area contributed by atoms with Crippen LogP contribution >= 0.6 is 0 Å². The van der Waals surface area contributed by atoms with Crippen LogP contribution < -0.4 is 0 Å². The Labute approximate surface area is 81.9 Å². The molecule has 0 bridgehead atoms. The van der Waals surface area contributed by atoms with E-state index in [1.807, 2.05) is 30.3 Å². The van der Waals surface area contributed by atoms with E-state index in [0.29, 0.717) is 0 Å². The molecule has 1 heterocycles. The maximum Gasteiger partial charge on any atom is 0.142 e. The van der Waals surface area contributed by atoms with Gasteiger partial charge in [-0.15, -0.1) is 0 Å². The van der Waals surface area contributed by atoms with E-state index < -0.39 is 0 Å². The Hall–Kier alpha value is -1.96. The van der Waals surface area contributed by atoms with Crippen molar-refractivity contribution in [2.24, 2.45) is 0 Å². The highest BCUT2D eigenvalue weighted by Gasteiger charge is 1.93. The van der Waals surface area contributed by atoms with Gasteiger partial charge >= 0.3 is 0 Å². The molecule has 0 radical (unpaired) electrons. The molecule has 68 valence electrons. The van der Waals surface area contributed by atoms with Gasteiger partial charge < -0.3 is 0 Å². The van der Waals surface area contributed by atoms with Crippen LogP contribution in [-0.4, -0.2) is 11.3 Å². The summed E-state index contributed by atoms with van der Waals surface area (Å²) < 4.78 is 0. The predicted molar refractivity (Wildman–Crippen MR) is 56.8 cm³/mol. The Bertz CT molecular complexity index is 488. The van der Waals surface area contributed by atoms with Crippen molar-refractivity contribution in [1.29, 1.82) is 0 Å². The molecule has 0 atom stereocenters. The summed E-state index contributed by atoms with van der Waals surface area (Å²) in [7, 11) is 0. The van der Waals surface area contributed by atoms with Gasteiger partial charge in [0.05, 0.1) is 5.52 Å². The average molecular weight is 183 g/mol.